The molecular formula is C18H38N2. The van der Waals surface area contributed by atoms with E-state index in [-0.39, 0.29) is 0 Å². The number of hydrogen-bond donors (Lipinski definition) is 1. The third-order valence-electron chi connectivity index (χ3n) is 4.87. The molecule has 0 aromatic rings. The molecule has 1 heterocycles. The second kappa shape index (κ2) is 9.78. The highest BCUT2D eigenvalue weighted by molar-refractivity contribution is 4.78. The van der Waals surface area contributed by atoms with Crippen LogP contribution in [0.4, 0.5) is 0 Å². The molecule has 1 fully saturated rings. The predicted octanol–water partition coefficient (Wildman–Crippen LogP) is 4.30. The lowest BCUT2D eigenvalue weighted by Crippen LogP contribution is -2.27. The maximum atomic E-state index is 3.41. The first-order valence-corrected chi connectivity index (χ1v) is 8.97. The number of unbranched alkanes of at least 4 members (excludes halogenated alkanes) is 3. The van der Waals surface area contributed by atoms with Gasteiger partial charge in [0.05, 0.1) is 0 Å². The minimum atomic E-state index is 0.502. The fraction of sp³-hybridized carbons (Fsp3) is 1.00. The van der Waals surface area contributed by atoms with Gasteiger partial charge >= 0.3 is 0 Å². The molecule has 1 aliphatic rings. The summed E-state index contributed by atoms with van der Waals surface area (Å²) in [4.78, 5) is 2.72. The van der Waals surface area contributed by atoms with Gasteiger partial charge in [-0.25, -0.2) is 0 Å². The molecule has 2 heteroatoms. The highest BCUT2D eigenvalue weighted by atomic mass is 15.1. The van der Waals surface area contributed by atoms with Crippen molar-refractivity contribution in [2.24, 2.45) is 11.3 Å². The van der Waals surface area contributed by atoms with Gasteiger partial charge in [-0.2, -0.15) is 0 Å². The highest BCUT2D eigenvalue weighted by Crippen LogP contribution is 2.34. The minimum Gasteiger partial charge on any atom is -0.317 e. The summed E-state index contributed by atoms with van der Waals surface area (Å²) >= 11 is 0. The molecule has 1 aliphatic heterocycles. The van der Waals surface area contributed by atoms with Crippen molar-refractivity contribution in [2.45, 2.75) is 72.6 Å². The highest BCUT2D eigenvalue weighted by Gasteiger charge is 2.26. The van der Waals surface area contributed by atoms with E-state index in [9.17, 15) is 0 Å². The van der Waals surface area contributed by atoms with Crippen LogP contribution in [0.25, 0.3) is 0 Å². The van der Waals surface area contributed by atoms with Gasteiger partial charge in [-0.15, -0.1) is 0 Å². The zero-order chi connectivity index (χ0) is 14.8. The molecule has 0 spiro atoms. The lowest BCUT2D eigenvalue weighted by Gasteiger charge is -2.29. The van der Waals surface area contributed by atoms with Crippen molar-refractivity contribution in [3.8, 4) is 0 Å². The first-order valence-electron chi connectivity index (χ1n) is 8.97. The lowest BCUT2D eigenvalue weighted by atomic mass is 9.77. The minimum absolute atomic E-state index is 0.502. The molecule has 1 unspecified atom stereocenters. The maximum Gasteiger partial charge on any atom is -0.00159 e. The van der Waals surface area contributed by atoms with Crippen molar-refractivity contribution in [3.63, 3.8) is 0 Å². The topological polar surface area (TPSA) is 15.3 Å². The smallest absolute Gasteiger partial charge is 0.00159 e. The van der Waals surface area contributed by atoms with E-state index >= 15 is 0 Å². The van der Waals surface area contributed by atoms with Gasteiger partial charge in [0.2, 0.25) is 0 Å². The van der Waals surface area contributed by atoms with Gasteiger partial charge in [-0.05, 0) is 76.2 Å². The van der Waals surface area contributed by atoms with Crippen LogP contribution in [0.3, 0.4) is 0 Å². The molecule has 2 nitrogen and oxygen atoms in total. The molecule has 0 radical (unpaired) electrons. The van der Waals surface area contributed by atoms with Crippen molar-refractivity contribution < 1.29 is 0 Å². The normalized spacial score (nSPS) is 21.9. The molecule has 20 heavy (non-hydrogen) atoms. The SMILES string of the molecule is CCNCCCCCCN1CCCC(C(C)(C)C)CC1. The van der Waals surface area contributed by atoms with E-state index in [0.717, 1.165) is 12.5 Å². The zero-order valence-corrected chi connectivity index (χ0v) is 14.5. The fourth-order valence-electron chi connectivity index (χ4n) is 3.36. The van der Waals surface area contributed by atoms with E-state index in [1.54, 1.807) is 0 Å². The van der Waals surface area contributed by atoms with Crippen LogP contribution in [0, 0.1) is 11.3 Å². The predicted molar refractivity (Wildman–Crippen MR) is 90.2 cm³/mol. The molecule has 1 N–H and O–H groups in total. The Morgan fingerprint density at radius 1 is 1.00 bits per heavy atom. The Bertz CT molecular complexity index is 232. The molecule has 0 aromatic heterocycles. The van der Waals surface area contributed by atoms with Crippen molar-refractivity contribution in [1.82, 2.24) is 10.2 Å². The third-order valence-corrected chi connectivity index (χ3v) is 4.87. The van der Waals surface area contributed by atoms with Gasteiger partial charge in [-0.1, -0.05) is 40.5 Å². The van der Waals surface area contributed by atoms with E-state index in [0.29, 0.717) is 5.41 Å². The van der Waals surface area contributed by atoms with Crippen molar-refractivity contribution in [1.29, 1.82) is 0 Å². The van der Waals surface area contributed by atoms with Crippen LogP contribution in [0.1, 0.15) is 72.6 Å². The summed E-state index contributed by atoms with van der Waals surface area (Å²) in [6.45, 7) is 15.7. The van der Waals surface area contributed by atoms with Gasteiger partial charge < -0.3 is 10.2 Å². The monoisotopic (exact) mass is 282 g/mol. The summed E-state index contributed by atoms with van der Waals surface area (Å²) in [6, 6.07) is 0. The fourth-order valence-corrected chi connectivity index (χ4v) is 3.36. The number of rotatable bonds is 8. The van der Waals surface area contributed by atoms with E-state index < -0.39 is 0 Å². The molecule has 0 amide bonds. The van der Waals surface area contributed by atoms with Crippen LogP contribution >= 0.6 is 0 Å². The van der Waals surface area contributed by atoms with Gasteiger partial charge in [0.1, 0.15) is 0 Å². The molecule has 0 aromatic carbocycles. The average Bonchev–Trinajstić information content (AvgIpc) is 2.63. The first kappa shape index (κ1) is 18.0. The molecule has 0 aliphatic carbocycles. The number of hydrogen-bond acceptors (Lipinski definition) is 2. The second-order valence-electron chi connectivity index (χ2n) is 7.60. The van der Waals surface area contributed by atoms with Crippen molar-refractivity contribution in [2.75, 3.05) is 32.7 Å². The van der Waals surface area contributed by atoms with E-state index in [1.807, 2.05) is 0 Å². The lowest BCUT2D eigenvalue weighted by molar-refractivity contribution is 0.207. The summed E-state index contributed by atoms with van der Waals surface area (Å²) in [5, 5.41) is 3.41. The van der Waals surface area contributed by atoms with Crippen LogP contribution in [0.5, 0.6) is 0 Å². The average molecular weight is 283 g/mol. The molecule has 0 bridgehead atoms. The summed E-state index contributed by atoms with van der Waals surface area (Å²) in [5.74, 6) is 0.924. The molecule has 120 valence electrons. The van der Waals surface area contributed by atoms with Crippen LogP contribution in [0.2, 0.25) is 0 Å². The summed E-state index contributed by atoms with van der Waals surface area (Å²) < 4.78 is 0. The Morgan fingerprint density at radius 3 is 2.45 bits per heavy atom. The molecular weight excluding hydrogens is 244 g/mol. The largest absolute Gasteiger partial charge is 0.317 e. The third kappa shape index (κ3) is 7.64. The van der Waals surface area contributed by atoms with Gasteiger partial charge in [0, 0.05) is 0 Å². The van der Waals surface area contributed by atoms with Gasteiger partial charge in [0.25, 0.3) is 0 Å². The van der Waals surface area contributed by atoms with Gasteiger partial charge in [-0.3, -0.25) is 0 Å². The Balaban J connectivity index is 2.07. The quantitative estimate of drug-likeness (QED) is 0.668. The number of nitrogens with one attached hydrogen (secondary N) is 1. The Morgan fingerprint density at radius 2 is 1.75 bits per heavy atom. The first-order chi connectivity index (χ1) is 9.54. The molecule has 1 saturated heterocycles. The van der Waals surface area contributed by atoms with Crippen LogP contribution in [-0.4, -0.2) is 37.6 Å². The van der Waals surface area contributed by atoms with E-state index in [2.05, 4.69) is 37.9 Å². The second-order valence-corrected chi connectivity index (χ2v) is 7.60. The van der Waals surface area contributed by atoms with Gasteiger partial charge in [0.15, 0.2) is 0 Å². The molecule has 0 saturated carbocycles. The van der Waals surface area contributed by atoms with Crippen molar-refractivity contribution in [3.05, 3.63) is 0 Å². The zero-order valence-electron chi connectivity index (χ0n) is 14.5. The molecule has 1 atom stereocenters. The van der Waals surface area contributed by atoms with Crippen molar-refractivity contribution >= 4 is 0 Å². The van der Waals surface area contributed by atoms with E-state index in [1.165, 1.54) is 71.1 Å². The standard InChI is InChI=1S/C18H38N2/c1-5-19-13-8-6-7-9-14-20-15-10-11-17(12-16-20)18(2,3)4/h17,19H,5-16H2,1-4H3. The van der Waals surface area contributed by atoms with Crippen LogP contribution in [-0.2, 0) is 0 Å². The Kier molecular flexibility index (Phi) is 8.79. The number of likely N-dealkylation sites (tertiary alicyclic amines) is 1. The Hall–Kier alpha value is -0.0800. The number of nitrogens with zero attached hydrogens (tertiary/aromatic N) is 1. The summed E-state index contributed by atoms with van der Waals surface area (Å²) in [5.41, 5.74) is 0.502. The van der Waals surface area contributed by atoms with E-state index in [4.69, 9.17) is 0 Å². The maximum absolute atomic E-state index is 3.41. The van der Waals surface area contributed by atoms with Crippen LogP contribution < -0.4 is 5.32 Å². The molecule has 1 rings (SSSR count). The summed E-state index contributed by atoms with van der Waals surface area (Å²) in [7, 11) is 0. The Labute approximate surface area is 127 Å². The van der Waals surface area contributed by atoms with Crippen LogP contribution in [0.15, 0.2) is 0 Å². The summed E-state index contributed by atoms with van der Waals surface area (Å²) in [6.07, 6.45) is 9.79.